The summed E-state index contributed by atoms with van der Waals surface area (Å²) < 4.78 is 1.42. The highest BCUT2D eigenvalue weighted by atomic mass is 32.1. The van der Waals surface area contributed by atoms with Crippen LogP contribution in [0.15, 0.2) is 36.4 Å². The number of hydrogen-bond donors (Lipinski definition) is 2. The largest absolute Gasteiger partial charge is 0.346 e. The third kappa shape index (κ3) is 2.53. The lowest BCUT2D eigenvalue weighted by molar-refractivity contribution is 0.905. The zero-order chi connectivity index (χ0) is 20.7. The Morgan fingerprint density at radius 2 is 1.48 bits per heavy atom. The fraction of sp³-hybridized carbons (Fsp3) is 0.231. The van der Waals surface area contributed by atoms with E-state index in [-0.39, 0.29) is 0 Å². The Kier molecular flexibility index (Phi) is 3.48. The lowest BCUT2D eigenvalue weighted by Crippen LogP contribution is -2.03. The number of imidazole rings is 2. The molecule has 0 bridgehead atoms. The molecular formula is C26H22N4S. The van der Waals surface area contributed by atoms with Gasteiger partial charge in [-0.2, -0.15) is 0 Å². The number of aromatic nitrogens is 4. The number of H-pyrrole nitrogens is 2. The lowest BCUT2D eigenvalue weighted by atomic mass is 9.90. The van der Waals surface area contributed by atoms with Gasteiger partial charge in [0, 0.05) is 32.1 Å². The van der Waals surface area contributed by atoms with E-state index in [0.29, 0.717) is 0 Å². The van der Waals surface area contributed by atoms with E-state index in [2.05, 4.69) is 46.4 Å². The Balaban J connectivity index is 1.35. The van der Waals surface area contributed by atoms with Crippen LogP contribution in [0.1, 0.15) is 34.2 Å². The molecule has 0 spiro atoms. The first-order valence-corrected chi connectivity index (χ1v) is 11.8. The summed E-state index contributed by atoms with van der Waals surface area (Å²) in [5.41, 5.74) is 11.6. The Morgan fingerprint density at radius 3 is 2.29 bits per heavy atom. The van der Waals surface area contributed by atoms with Gasteiger partial charge in [0.05, 0.1) is 11.4 Å². The minimum absolute atomic E-state index is 1.01. The minimum Gasteiger partial charge on any atom is -0.346 e. The molecule has 2 N–H and O–H groups in total. The van der Waals surface area contributed by atoms with Crippen LogP contribution in [0.2, 0.25) is 0 Å². The number of aryl methyl sites for hydroxylation is 6. The maximum atomic E-state index is 4.77. The average molecular weight is 423 g/mol. The maximum Gasteiger partial charge on any atom is 0.103 e. The fourth-order valence-electron chi connectivity index (χ4n) is 5.36. The van der Waals surface area contributed by atoms with Gasteiger partial charge in [-0.25, -0.2) is 9.97 Å². The highest BCUT2D eigenvalue weighted by molar-refractivity contribution is 7.22. The van der Waals surface area contributed by atoms with Crippen molar-refractivity contribution < 1.29 is 0 Å². The third-order valence-electron chi connectivity index (χ3n) is 6.75. The van der Waals surface area contributed by atoms with Crippen LogP contribution in [0.3, 0.4) is 0 Å². The van der Waals surface area contributed by atoms with Crippen LogP contribution in [-0.4, -0.2) is 19.9 Å². The maximum absolute atomic E-state index is 4.77. The highest BCUT2D eigenvalue weighted by Gasteiger charge is 2.23. The molecule has 5 heteroatoms. The van der Waals surface area contributed by atoms with Gasteiger partial charge in [0.25, 0.3) is 0 Å². The second-order valence-electron chi connectivity index (χ2n) is 8.79. The molecule has 0 aliphatic heterocycles. The SMILES string of the molecule is Cc1nc2c([nH]1)CCc1cc(-c3cc4ccc5c(c4s3)CCc3[nH]c(C)nc3-5)ccc1-2. The number of aromatic amines is 2. The van der Waals surface area contributed by atoms with E-state index in [9.17, 15) is 0 Å². The van der Waals surface area contributed by atoms with Gasteiger partial charge in [0.2, 0.25) is 0 Å². The van der Waals surface area contributed by atoms with Crippen LogP contribution in [0.4, 0.5) is 0 Å². The average Bonchev–Trinajstić information content (AvgIpc) is 3.47. The molecule has 2 aromatic carbocycles. The molecule has 152 valence electrons. The van der Waals surface area contributed by atoms with Crippen molar-refractivity contribution in [3.63, 3.8) is 0 Å². The van der Waals surface area contributed by atoms with Gasteiger partial charge >= 0.3 is 0 Å². The van der Waals surface area contributed by atoms with Crippen LogP contribution in [0.5, 0.6) is 0 Å². The van der Waals surface area contributed by atoms with Crippen molar-refractivity contribution in [2.75, 3.05) is 0 Å². The van der Waals surface area contributed by atoms with E-state index < -0.39 is 0 Å². The van der Waals surface area contributed by atoms with Crippen LogP contribution < -0.4 is 0 Å². The lowest BCUT2D eigenvalue weighted by Gasteiger charge is -2.16. The molecule has 4 nitrogen and oxygen atoms in total. The Bertz CT molecular complexity index is 1510. The highest BCUT2D eigenvalue weighted by Crippen LogP contribution is 2.43. The monoisotopic (exact) mass is 422 g/mol. The van der Waals surface area contributed by atoms with Gasteiger partial charge in [-0.3, -0.25) is 0 Å². The number of hydrogen-bond acceptors (Lipinski definition) is 3. The molecule has 0 unspecified atom stereocenters. The first-order valence-electron chi connectivity index (χ1n) is 10.9. The van der Waals surface area contributed by atoms with Gasteiger partial charge in [-0.1, -0.05) is 24.3 Å². The van der Waals surface area contributed by atoms with Gasteiger partial charge in [0.1, 0.15) is 11.6 Å². The predicted octanol–water partition coefficient (Wildman–Crippen LogP) is 6.16. The van der Waals surface area contributed by atoms with Crippen LogP contribution in [0.25, 0.3) is 43.0 Å². The van der Waals surface area contributed by atoms with E-state index in [1.807, 2.05) is 25.2 Å². The first kappa shape index (κ1) is 17.5. The molecule has 3 heterocycles. The topological polar surface area (TPSA) is 57.4 Å². The molecule has 31 heavy (non-hydrogen) atoms. The molecule has 0 fully saturated rings. The van der Waals surface area contributed by atoms with Crippen LogP contribution >= 0.6 is 11.3 Å². The summed E-state index contributed by atoms with van der Waals surface area (Å²) in [6.45, 7) is 4.08. The second kappa shape index (κ2) is 6.17. The molecule has 0 radical (unpaired) electrons. The molecular weight excluding hydrogens is 400 g/mol. The second-order valence-corrected chi connectivity index (χ2v) is 9.84. The van der Waals surface area contributed by atoms with Crippen molar-refractivity contribution in [3.05, 3.63) is 70.6 Å². The molecule has 0 atom stereocenters. The van der Waals surface area contributed by atoms with E-state index in [1.165, 1.54) is 54.2 Å². The fourth-order valence-corrected chi connectivity index (χ4v) is 6.59. The van der Waals surface area contributed by atoms with Crippen LogP contribution in [0, 0.1) is 13.8 Å². The number of nitrogens with one attached hydrogen (secondary N) is 2. The van der Waals surface area contributed by atoms with Crippen molar-refractivity contribution in [1.82, 2.24) is 19.9 Å². The molecule has 2 aliphatic rings. The zero-order valence-corrected chi connectivity index (χ0v) is 18.4. The Labute approximate surface area is 184 Å². The van der Waals surface area contributed by atoms with Gasteiger partial charge in [-0.05, 0) is 73.7 Å². The molecule has 2 aliphatic carbocycles. The number of thiophene rings is 1. The predicted molar refractivity (Wildman–Crippen MR) is 127 cm³/mol. The van der Waals surface area contributed by atoms with Crippen molar-refractivity contribution >= 4 is 21.4 Å². The Hall–Kier alpha value is -3.18. The van der Waals surface area contributed by atoms with Crippen molar-refractivity contribution in [3.8, 4) is 33.0 Å². The number of rotatable bonds is 1. The van der Waals surface area contributed by atoms with E-state index in [4.69, 9.17) is 9.97 Å². The summed E-state index contributed by atoms with van der Waals surface area (Å²) in [5, 5.41) is 1.34. The minimum atomic E-state index is 1.01. The molecule has 5 aromatic rings. The number of fused-ring (bicyclic) bond motifs is 8. The van der Waals surface area contributed by atoms with Crippen LogP contribution in [-0.2, 0) is 25.7 Å². The van der Waals surface area contributed by atoms with Crippen molar-refractivity contribution in [2.24, 2.45) is 0 Å². The normalized spacial score (nSPS) is 14.3. The summed E-state index contributed by atoms with van der Waals surface area (Å²) in [5.74, 6) is 2.01. The van der Waals surface area contributed by atoms with Crippen molar-refractivity contribution in [1.29, 1.82) is 0 Å². The molecule has 0 saturated carbocycles. The van der Waals surface area contributed by atoms with Gasteiger partial charge < -0.3 is 9.97 Å². The van der Waals surface area contributed by atoms with Crippen molar-refractivity contribution in [2.45, 2.75) is 39.5 Å². The summed E-state index contributed by atoms with van der Waals surface area (Å²) in [4.78, 5) is 17.7. The quantitative estimate of drug-likeness (QED) is 0.340. The standard InChI is InChI=1S/C26H22N4S/c1-13-27-21-9-5-15-11-16(3-6-18(15)24(21)29-13)23-12-17-4-7-19-20(26(17)31-23)8-10-22-25(19)30-14(2)28-22/h3-4,6-7,11-12H,5,8-10H2,1-2H3,(H,27,29)(H,28,30). The molecule has 7 rings (SSSR count). The van der Waals surface area contributed by atoms with Gasteiger partial charge in [-0.15, -0.1) is 11.3 Å². The summed E-state index contributed by atoms with van der Waals surface area (Å²) in [6.07, 6.45) is 4.23. The zero-order valence-electron chi connectivity index (χ0n) is 17.6. The van der Waals surface area contributed by atoms with E-state index in [1.54, 1.807) is 0 Å². The van der Waals surface area contributed by atoms with E-state index >= 15 is 0 Å². The molecule has 0 amide bonds. The van der Waals surface area contributed by atoms with E-state index in [0.717, 1.165) is 48.7 Å². The summed E-state index contributed by atoms with van der Waals surface area (Å²) in [6, 6.07) is 13.8. The number of benzene rings is 2. The first-order chi connectivity index (χ1) is 15.1. The van der Waals surface area contributed by atoms with Gasteiger partial charge in [0.15, 0.2) is 0 Å². The number of nitrogens with zero attached hydrogens (tertiary/aromatic N) is 2. The smallest absolute Gasteiger partial charge is 0.103 e. The summed E-state index contributed by atoms with van der Waals surface area (Å²) in [7, 11) is 0. The third-order valence-corrected chi connectivity index (χ3v) is 8.01. The molecule has 3 aromatic heterocycles. The molecule has 0 saturated heterocycles. The Morgan fingerprint density at radius 1 is 0.774 bits per heavy atom. The summed E-state index contributed by atoms with van der Waals surface area (Å²) >= 11 is 1.93.